The molecule has 0 radical (unpaired) electrons. The fourth-order valence-corrected chi connectivity index (χ4v) is 1.45. The van der Waals surface area contributed by atoms with E-state index in [2.05, 4.69) is 5.32 Å². The van der Waals surface area contributed by atoms with Crippen LogP contribution in [-0.4, -0.2) is 19.0 Å². The minimum absolute atomic E-state index is 0.0841. The summed E-state index contributed by atoms with van der Waals surface area (Å²) in [5.74, 6) is 0.865. The first kappa shape index (κ1) is 9.83. The van der Waals surface area contributed by atoms with Gasteiger partial charge in [-0.1, -0.05) is 0 Å². The molecule has 2 rings (SSSR count). The Morgan fingerprint density at radius 2 is 2.27 bits per heavy atom. The summed E-state index contributed by atoms with van der Waals surface area (Å²) in [6.07, 6.45) is 2.38. The predicted octanol–water partition coefficient (Wildman–Crippen LogP) is 1.55. The predicted molar refractivity (Wildman–Crippen MR) is 60.7 cm³/mol. The summed E-state index contributed by atoms with van der Waals surface area (Å²) in [5.41, 5.74) is 7.14. The Morgan fingerprint density at radius 1 is 1.53 bits per heavy atom. The standard InChI is InChI=1S/C11H15N3O/c1-15-8-4-5-9(11(12)13)10(6-8)14-7-2-3-7/h4-7,14H,2-3H2,1H3,(H3,12,13). The van der Waals surface area contributed by atoms with E-state index in [4.69, 9.17) is 15.9 Å². The second-order valence-electron chi connectivity index (χ2n) is 3.74. The highest BCUT2D eigenvalue weighted by Crippen LogP contribution is 2.29. The highest BCUT2D eigenvalue weighted by atomic mass is 16.5. The first-order valence-corrected chi connectivity index (χ1v) is 4.99. The summed E-state index contributed by atoms with van der Waals surface area (Å²) < 4.78 is 5.14. The third-order valence-electron chi connectivity index (χ3n) is 2.45. The molecular formula is C11H15N3O. The summed E-state index contributed by atoms with van der Waals surface area (Å²) in [6.45, 7) is 0. The molecule has 0 unspecified atom stereocenters. The lowest BCUT2D eigenvalue weighted by Crippen LogP contribution is -2.15. The summed E-state index contributed by atoms with van der Waals surface area (Å²) in [6, 6.07) is 6.05. The van der Waals surface area contributed by atoms with E-state index in [0.29, 0.717) is 6.04 Å². The van der Waals surface area contributed by atoms with Crippen molar-refractivity contribution in [3.63, 3.8) is 0 Å². The number of benzene rings is 1. The number of methoxy groups -OCH3 is 1. The molecule has 4 nitrogen and oxygen atoms in total. The summed E-state index contributed by atoms with van der Waals surface area (Å²) in [7, 11) is 1.63. The lowest BCUT2D eigenvalue weighted by molar-refractivity contribution is 0.415. The van der Waals surface area contributed by atoms with Crippen LogP contribution in [0.15, 0.2) is 18.2 Å². The van der Waals surface area contributed by atoms with Crippen LogP contribution in [0.1, 0.15) is 18.4 Å². The third kappa shape index (κ3) is 2.21. The largest absolute Gasteiger partial charge is 0.497 e. The molecule has 0 spiro atoms. The van der Waals surface area contributed by atoms with E-state index in [1.54, 1.807) is 7.11 Å². The molecule has 0 aliphatic heterocycles. The highest BCUT2D eigenvalue weighted by molar-refractivity contribution is 6.00. The average Bonchev–Trinajstić information content (AvgIpc) is 3.01. The first-order valence-electron chi connectivity index (χ1n) is 4.99. The molecule has 1 saturated carbocycles. The molecule has 0 amide bonds. The molecule has 80 valence electrons. The second kappa shape index (κ2) is 3.81. The maximum atomic E-state index is 7.47. The molecule has 0 atom stereocenters. The van der Waals surface area contributed by atoms with Crippen LogP contribution >= 0.6 is 0 Å². The van der Waals surface area contributed by atoms with Gasteiger partial charge in [0.05, 0.1) is 7.11 Å². The normalized spacial score (nSPS) is 14.7. The topological polar surface area (TPSA) is 71.1 Å². The molecule has 1 aliphatic rings. The van der Waals surface area contributed by atoms with Crippen LogP contribution in [0, 0.1) is 5.41 Å². The van der Waals surface area contributed by atoms with Crippen LogP contribution in [0.3, 0.4) is 0 Å². The fourth-order valence-electron chi connectivity index (χ4n) is 1.45. The SMILES string of the molecule is COc1ccc(C(=N)N)c(NC2CC2)c1. The molecule has 0 heterocycles. The van der Waals surface area contributed by atoms with Crippen molar-refractivity contribution in [3.8, 4) is 5.75 Å². The molecule has 0 aromatic heterocycles. The van der Waals surface area contributed by atoms with Gasteiger partial charge in [0.2, 0.25) is 0 Å². The van der Waals surface area contributed by atoms with Crippen LogP contribution in [0.25, 0.3) is 0 Å². The van der Waals surface area contributed by atoms with Gasteiger partial charge in [0, 0.05) is 23.4 Å². The quantitative estimate of drug-likeness (QED) is 0.516. The van der Waals surface area contributed by atoms with Crippen LogP contribution in [0.5, 0.6) is 5.75 Å². The van der Waals surface area contributed by atoms with E-state index in [1.165, 1.54) is 12.8 Å². The summed E-state index contributed by atoms with van der Waals surface area (Å²) in [5, 5.41) is 10.8. The molecule has 4 N–H and O–H groups in total. The Labute approximate surface area is 88.9 Å². The van der Waals surface area contributed by atoms with Gasteiger partial charge in [-0.05, 0) is 25.0 Å². The molecule has 1 aromatic carbocycles. The van der Waals surface area contributed by atoms with Gasteiger partial charge >= 0.3 is 0 Å². The van der Waals surface area contributed by atoms with Gasteiger partial charge in [-0.25, -0.2) is 0 Å². The van der Waals surface area contributed by atoms with Gasteiger partial charge in [-0.3, -0.25) is 5.41 Å². The number of rotatable bonds is 4. The van der Waals surface area contributed by atoms with Crippen LogP contribution in [0.2, 0.25) is 0 Å². The van der Waals surface area contributed by atoms with E-state index < -0.39 is 0 Å². The second-order valence-corrected chi connectivity index (χ2v) is 3.74. The van der Waals surface area contributed by atoms with Crippen molar-refractivity contribution in [1.82, 2.24) is 0 Å². The molecule has 1 aliphatic carbocycles. The minimum atomic E-state index is 0.0841. The molecule has 1 fully saturated rings. The van der Waals surface area contributed by atoms with Crippen molar-refractivity contribution in [2.45, 2.75) is 18.9 Å². The number of nitrogens with one attached hydrogen (secondary N) is 2. The van der Waals surface area contributed by atoms with Gasteiger partial charge in [-0.15, -0.1) is 0 Å². The van der Waals surface area contributed by atoms with Crippen molar-refractivity contribution < 1.29 is 4.74 Å². The van der Waals surface area contributed by atoms with Crippen LogP contribution < -0.4 is 15.8 Å². The molecule has 0 saturated heterocycles. The van der Waals surface area contributed by atoms with E-state index in [0.717, 1.165) is 17.0 Å². The van der Waals surface area contributed by atoms with Gasteiger partial charge in [0.25, 0.3) is 0 Å². The smallest absolute Gasteiger partial charge is 0.124 e. The number of anilines is 1. The summed E-state index contributed by atoms with van der Waals surface area (Å²) in [4.78, 5) is 0. The van der Waals surface area contributed by atoms with E-state index in [9.17, 15) is 0 Å². The van der Waals surface area contributed by atoms with E-state index in [1.807, 2.05) is 18.2 Å². The minimum Gasteiger partial charge on any atom is -0.497 e. The van der Waals surface area contributed by atoms with Gasteiger partial charge in [0.1, 0.15) is 11.6 Å². The number of amidine groups is 1. The highest BCUT2D eigenvalue weighted by Gasteiger charge is 2.22. The van der Waals surface area contributed by atoms with Crippen molar-refractivity contribution in [1.29, 1.82) is 5.41 Å². The van der Waals surface area contributed by atoms with Crippen molar-refractivity contribution in [2.75, 3.05) is 12.4 Å². The van der Waals surface area contributed by atoms with Crippen molar-refractivity contribution in [3.05, 3.63) is 23.8 Å². The Kier molecular flexibility index (Phi) is 2.49. The van der Waals surface area contributed by atoms with Gasteiger partial charge in [-0.2, -0.15) is 0 Å². The molecule has 1 aromatic rings. The lowest BCUT2D eigenvalue weighted by Gasteiger charge is -2.11. The number of hydrogen-bond acceptors (Lipinski definition) is 3. The van der Waals surface area contributed by atoms with E-state index >= 15 is 0 Å². The zero-order valence-electron chi connectivity index (χ0n) is 8.71. The maximum Gasteiger partial charge on any atom is 0.124 e. The Hall–Kier alpha value is -1.71. The van der Waals surface area contributed by atoms with Gasteiger partial charge in [0.15, 0.2) is 0 Å². The Balaban J connectivity index is 2.30. The zero-order chi connectivity index (χ0) is 10.8. The van der Waals surface area contributed by atoms with Crippen molar-refractivity contribution >= 4 is 11.5 Å². The van der Waals surface area contributed by atoms with Crippen LogP contribution in [-0.2, 0) is 0 Å². The van der Waals surface area contributed by atoms with Crippen molar-refractivity contribution in [2.24, 2.45) is 5.73 Å². The Morgan fingerprint density at radius 3 is 2.80 bits per heavy atom. The van der Waals surface area contributed by atoms with Crippen LogP contribution in [0.4, 0.5) is 5.69 Å². The zero-order valence-corrected chi connectivity index (χ0v) is 8.71. The number of ether oxygens (including phenoxy) is 1. The summed E-state index contributed by atoms with van der Waals surface area (Å²) >= 11 is 0. The third-order valence-corrected chi connectivity index (χ3v) is 2.45. The molecule has 4 heteroatoms. The molecule has 15 heavy (non-hydrogen) atoms. The lowest BCUT2D eigenvalue weighted by atomic mass is 10.1. The average molecular weight is 205 g/mol. The number of nitrogen functional groups attached to an aromatic ring is 1. The Bertz CT molecular complexity index is 385. The fraction of sp³-hybridized carbons (Fsp3) is 0.364. The monoisotopic (exact) mass is 205 g/mol. The molecule has 0 bridgehead atoms. The molecular weight excluding hydrogens is 190 g/mol. The number of nitrogens with two attached hydrogens (primary N) is 1. The maximum absolute atomic E-state index is 7.47. The van der Waals surface area contributed by atoms with Gasteiger partial charge < -0.3 is 15.8 Å². The first-order chi connectivity index (χ1) is 7.20. The van der Waals surface area contributed by atoms with E-state index in [-0.39, 0.29) is 5.84 Å². The number of hydrogen-bond donors (Lipinski definition) is 3.